The minimum Gasteiger partial charge on any atom is -0.492 e. The Morgan fingerprint density at radius 1 is 1.27 bits per heavy atom. The predicted molar refractivity (Wildman–Crippen MR) is 81.0 cm³/mol. The number of aliphatic carboxylic acids is 1. The van der Waals surface area contributed by atoms with Crippen molar-refractivity contribution in [3.8, 4) is 5.75 Å². The van der Waals surface area contributed by atoms with E-state index in [1.54, 1.807) is 45.2 Å². The van der Waals surface area contributed by atoms with Crippen LogP contribution < -0.4 is 4.74 Å². The molecular weight excluding hydrogens is 286 g/mol. The first-order valence-corrected chi connectivity index (χ1v) is 6.91. The van der Waals surface area contributed by atoms with E-state index in [9.17, 15) is 14.4 Å². The number of aldehydes is 1. The van der Waals surface area contributed by atoms with E-state index in [1.165, 1.54) is 4.90 Å². The molecule has 6 nitrogen and oxygen atoms in total. The lowest BCUT2D eigenvalue weighted by Crippen LogP contribution is -2.42. The summed E-state index contributed by atoms with van der Waals surface area (Å²) in [6.45, 7) is 3.80. The van der Waals surface area contributed by atoms with Crippen LogP contribution in [-0.2, 0) is 9.59 Å². The number of carboxylic acid groups (broad SMARTS) is 1. The molecule has 0 aliphatic carbocycles. The lowest BCUT2D eigenvalue weighted by Gasteiger charge is -2.29. The van der Waals surface area contributed by atoms with E-state index in [1.807, 2.05) is 0 Å². The average Bonchev–Trinajstić information content (AvgIpc) is 2.50. The van der Waals surface area contributed by atoms with E-state index >= 15 is 0 Å². The smallest absolute Gasteiger partial charge is 0.305 e. The van der Waals surface area contributed by atoms with E-state index in [-0.39, 0.29) is 25.5 Å². The molecule has 120 valence electrons. The van der Waals surface area contributed by atoms with Crippen LogP contribution in [0, 0.1) is 5.41 Å². The number of carbonyl (C=O) groups is 3. The molecule has 1 rings (SSSR count). The monoisotopic (exact) mass is 307 g/mol. The van der Waals surface area contributed by atoms with Crippen LogP contribution in [0.2, 0.25) is 0 Å². The van der Waals surface area contributed by atoms with Gasteiger partial charge in [-0.1, -0.05) is 0 Å². The summed E-state index contributed by atoms with van der Waals surface area (Å²) in [6.07, 6.45) is 0.654. The molecule has 1 N–H and O–H groups in total. The molecule has 0 unspecified atom stereocenters. The fourth-order valence-corrected chi connectivity index (χ4v) is 1.85. The van der Waals surface area contributed by atoms with Crippen LogP contribution in [0.5, 0.6) is 5.75 Å². The number of ether oxygens (including phenoxy) is 1. The molecule has 0 saturated heterocycles. The molecular formula is C16H21NO5. The summed E-state index contributed by atoms with van der Waals surface area (Å²) >= 11 is 0. The van der Waals surface area contributed by atoms with E-state index in [2.05, 4.69) is 0 Å². The van der Waals surface area contributed by atoms with Crippen LogP contribution in [0.25, 0.3) is 0 Å². The third-order valence-corrected chi connectivity index (χ3v) is 3.20. The van der Waals surface area contributed by atoms with Gasteiger partial charge in [-0.2, -0.15) is 0 Å². The lowest BCUT2D eigenvalue weighted by atomic mass is 9.93. The second-order valence-electron chi connectivity index (χ2n) is 5.73. The highest BCUT2D eigenvalue weighted by molar-refractivity contribution is 5.82. The van der Waals surface area contributed by atoms with Gasteiger partial charge in [0.15, 0.2) is 0 Å². The van der Waals surface area contributed by atoms with Gasteiger partial charge < -0.3 is 14.7 Å². The van der Waals surface area contributed by atoms with Crippen molar-refractivity contribution in [2.24, 2.45) is 5.41 Å². The molecule has 0 atom stereocenters. The number of carboxylic acids is 1. The maximum Gasteiger partial charge on any atom is 0.305 e. The minimum atomic E-state index is -0.941. The predicted octanol–water partition coefficient (Wildman–Crippen LogP) is 1.84. The summed E-state index contributed by atoms with van der Waals surface area (Å²) in [4.78, 5) is 34.8. The Bertz CT molecular complexity index is 536. The third kappa shape index (κ3) is 5.20. The van der Waals surface area contributed by atoms with Gasteiger partial charge >= 0.3 is 5.97 Å². The van der Waals surface area contributed by atoms with Crippen LogP contribution in [0.4, 0.5) is 0 Å². The Balaban J connectivity index is 2.59. The van der Waals surface area contributed by atoms with Crippen LogP contribution >= 0.6 is 0 Å². The average molecular weight is 307 g/mol. The second kappa shape index (κ2) is 7.59. The van der Waals surface area contributed by atoms with Crippen molar-refractivity contribution >= 4 is 18.2 Å². The maximum atomic E-state index is 12.3. The molecule has 1 aromatic carbocycles. The number of hydrogen-bond donors (Lipinski definition) is 1. The van der Waals surface area contributed by atoms with Gasteiger partial charge in [-0.25, -0.2) is 0 Å². The molecule has 6 heteroatoms. The largest absolute Gasteiger partial charge is 0.492 e. The first-order chi connectivity index (χ1) is 10.3. The van der Waals surface area contributed by atoms with Crippen molar-refractivity contribution in [3.05, 3.63) is 29.8 Å². The van der Waals surface area contributed by atoms with Crippen LogP contribution in [0.1, 0.15) is 30.6 Å². The maximum absolute atomic E-state index is 12.3. The number of nitrogens with zero attached hydrogens (tertiary/aromatic N) is 1. The Morgan fingerprint density at radius 2 is 1.86 bits per heavy atom. The second-order valence-corrected chi connectivity index (χ2v) is 5.73. The van der Waals surface area contributed by atoms with E-state index < -0.39 is 11.4 Å². The molecule has 0 heterocycles. The van der Waals surface area contributed by atoms with Crippen LogP contribution in [-0.4, -0.2) is 48.4 Å². The highest BCUT2D eigenvalue weighted by Gasteiger charge is 2.31. The number of carbonyl (C=O) groups excluding carboxylic acids is 2. The van der Waals surface area contributed by atoms with Gasteiger partial charge in [0.1, 0.15) is 18.6 Å². The van der Waals surface area contributed by atoms with Crippen molar-refractivity contribution in [2.45, 2.75) is 20.3 Å². The molecule has 0 aliphatic rings. The van der Waals surface area contributed by atoms with Crippen molar-refractivity contribution < 1.29 is 24.2 Å². The fraction of sp³-hybridized carbons (Fsp3) is 0.438. The van der Waals surface area contributed by atoms with Crippen molar-refractivity contribution in [2.75, 3.05) is 20.2 Å². The van der Waals surface area contributed by atoms with E-state index in [0.717, 1.165) is 6.29 Å². The summed E-state index contributed by atoms with van der Waals surface area (Å²) in [5.41, 5.74) is -0.229. The Kier molecular flexibility index (Phi) is 6.10. The summed E-state index contributed by atoms with van der Waals surface area (Å²) in [5, 5.41) is 8.65. The molecule has 0 saturated carbocycles. The Morgan fingerprint density at radius 3 is 2.36 bits per heavy atom. The van der Waals surface area contributed by atoms with Crippen molar-refractivity contribution in [1.82, 2.24) is 4.90 Å². The first kappa shape index (κ1) is 17.7. The summed E-state index contributed by atoms with van der Waals surface area (Å²) in [7, 11) is 1.58. The number of benzene rings is 1. The molecule has 0 radical (unpaired) electrons. The zero-order valence-corrected chi connectivity index (χ0v) is 13.0. The molecule has 1 amide bonds. The SMILES string of the molecule is CN(CCC(=O)O)C(=O)C(C)(C)COc1ccc(C=O)cc1. The Hall–Kier alpha value is -2.37. The minimum absolute atomic E-state index is 0.0909. The quantitative estimate of drug-likeness (QED) is 0.741. The van der Waals surface area contributed by atoms with Gasteiger partial charge in [-0.05, 0) is 38.1 Å². The molecule has 0 spiro atoms. The molecule has 0 aromatic heterocycles. The van der Waals surface area contributed by atoms with Gasteiger partial charge in [-0.3, -0.25) is 14.4 Å². The summed E-state index contributed by atoms with van der Waals surface area (Å²) in [5.74, 6) is -0.554. The van der Waals surface area contributed by atoms with E-state index in [0.29, 0.717) is 11.3 Å². The molecule has 0 fully saturated rings. The van der Waals surface area contributed by atoms with Gasteiger partial charge in [0.05, 0.1) is 11.8 Å². The highest BCUT2D eigenvalue weighted by Crippen LogP contribution is 2.21. The zero-order chi connectivity index (χ0) is 16.8. The molecule has 0 aliphatic heterocycles. The standard InChI is InChI=1S/C16H21NO5/c1-16(2,15(21)17(3)9-8-14(19)20)11-22-13-6-4-12(10-18)5-7-13/h4-7,10H,8-9,11H2,1-3H3,(H,19,20). The fourth-order valence-electron chi connectivity index (χ4n) is 1.85. The third-order valence-electron chi connectivity index (χ3n) is 3.20. The van der Waals surface area contributed by atoms with Gasteiger partial charge in [-0.15, -0.1) is 0 Å². The lowest BCUT2D eigenvalue weighted by molar-refractivity contribution is -0.142. The van der Waals surface area contributed by atoms with Crippen molar-refractivity contribution in [1.29, 1.82) is 0 Å². The van der Waals surface area contributed by atoms with Gasteiger partial charge in [0, 0.05) is 19.2 Å². The van der Waals surface area contributed by atoms with E-state index in [4.69, 9.17) is 9.84 Å². The topological polar surface area (TPSA) is 83.9 Å². The van der Waals surface area contributed by atoms with Crippen LogP contribution in [0.3, 0.4) is 0 Å². The summed E-state index contributed by atoms with van der Waals surface area (Å²) in [6, 6.07) is 6.60. The van der Waals surface area contributed by atoms with Gasteiger partial charge in [0.2, 0.25) is 5.91 Å². The zero-order valence-electron chi connectivity index (χ0n) is 13.0. The molecule has 0 bridgehead atoms. The number of rotatable bonds is 8. The van der Waals surface area contributed by atoms with Gasteiger partial charge in [0.25, 0.3) is 0 Å². The van der Waals surface area contributed by atoms with Crippen LogP contribution in [0.15, 0.2) is 24.3 Å². The van der Waals surface area contributed by atoms with Crippen molar-refractivity contribution in [3.63, 3.8) is 0 Å². The molecule has 22 heavy (non-hydrogen) atoms. The number of hydrogen-bond acceptors (Lipinski definition) is 4. The Labute approximate surface area is 129 Å². The number of amides is 1. The first-order valence-electron chi connectivity index (χ1n) is 6.91. The molecule has 1 aromatic rings. The highest BCUT2D eigenvalue weighted by atomic mass is 16.5. The normalized spacial score (nSPS) is 10.9. The summed E-state index contributed by atoms with van der Waals surface area (Å²) < 4.78 is 5.59.